The highest BCUT2D eigenvalue weighted by Crippen LogP contribution is 2.34. The van der Waals surface area contributed by atoms with Gasteiger partial charge in [0.15, 0.2) is 11.3 Å². The van der Waals surface area contributed by atoms with E-state index in [0.29, 0.717) is 11.1 Å². The summed E-state index contributed by atoms with van der Waals surface area (Å²) in [7, 11) is 0. The average molecular weight is 371 g/mol. The maximum absolute atomic E-state index is 12.5. The molecule has 2 atom stereocenters. The van der Waals surface area contributed by atoms with E-state index in [1.165, 1.54) is 0 Å². The lowest BCUT2D eigenvalue weighted by Gasteiger charge is -2.13. The Morgan fingerprint density at radius 2 is 2.07 bits per heavy atom. The molecule has 5 rings (SSSR count). The van der Waals surface area contributed by atoms with Crippen LogP contribution in [0.2, 0.25) is 0 Å². The van der Waals surface area contributed by atoms with Gasteiger partial charge in [0, 0.05) is 23.7 Å². The summed E-state index contributed by atoms with van der Waals surface area (Å²) in [5, 5.41) is 20.7. The van der Waals surface area contributed by atoms with Crippen molar-refractivity contribution >= 4 is 22.7 Å². The molecular weight excluding hydrogens is 354 g/mol. The number of carbonyl (C=O) groups excluding carboxylic acids is 1. The molecule has 1 saturated carbocycles. The number of H-pyrrole nitrogens is 1. The number of nitriles is 1. The summed E-state index contributed by atoms with van der Waals surface area (Å²) >= 11 is 0. The normalized spacial score (nSPS) is 19.1. The van der Waals surface area contributed by atoms with Crippen LogP contribution in [0, 0.1) is 11.3 Å². The molecule has 0 bridgehead atoms. The maximum atomic E-state index is 12.5. The minimum Gasteiger partial charge on any atom is -0.349 e. The number of aromatic nitrogens is 5. The van der Waals surface area contributed by atoms with Crippen LogP contribution in [0.25, 0.3) is 16.8 Å². The molecule has 138 valence electrons. The Hall–Kier alpha value is -3.73. The summed E-state index contributed by atoms with van der Waals surface area (Å²) in [6.07, 6.45) is 6.22. The van der Waals surface area contributed by atoms with Gasteiger partial charge in [-0.15, -0.1) is 10.2 Å². The number of benzene rings is 1. The molecule has 3 heterocycles. The van der Waals surface area contributed by atoms with Gasteiger partial charge in [0.25, 0.3) is 5.91 Å². The highest BCUT2D eigenvalue weighted by molar-refractivity contribution is 5.94. The number of hydrogen-bond acceptors (Lipinski definition) is 5. The maximum Gasteiger partial charge on any atom is 0.251 e. The number of aromatic amines is 1. The van der Waals surface area contributed by atoms with E-state index in [-0.39, 0.29) is 17.9 Å². The van der Waals surface area contributed by atoms with E-state index >= 15 is 0 Å². The van der Waals surface area contributed by atoms with E-state index < -0.39 is 0 Å². The van der Waals surface area contributed by atoms with E-state index in [1.54, 1.807) is 30.5 Å². The van der Waals surface area contributed by atoms with Crippen LogP contribution in [0.15, 0.2) is 42.7 Å². The molecule has 0 spiro atoms. The summed E-state index contributed by atoms with van der Waals surface area (Å²) in [6.45, 7) is 0. The van der Waals surface area contributed by atoms with E-state index in [0.717, 1.165) is 41.9 Å². The van der Waals surface area contributed by atoms with E-state index in [9.17, 15) is 4.79 Å². The third-order valence-corrected chi connectivity index (χ3v) is 5.38. The van der Waals surface area contributed by atoms with Crippen molar-refractivity contribution in [2.24, 2.45) is 0 Å². The highest BCUT2D eigenvalue weighted by atomic mass is 16.1. The molecule has 2 N–H and O–H groups in total. The quantitative estimate of drug-likeness (QED) is 0.575. The van der Waals surface area contributed by atoms with Gasteiger partial charge < -0.3 is 10.3 Å². The zero-order chi connectivity index (χ0) is 19.1. The SMILES string of the molecule is N#Cc1ccc(C(=O)N[C@H]2CC[C@@H](c3nnc4cnc5[nH]ccc5n34)C2)cc1. The summed E-state index contributed by atoms with van der Waals surface area (Å²) in [6, 6.07) is 10.8. The Kier molecular flexibility index (Phi) is 3.79. The molecule has 0 saturated heterocycles. The van der Waals surface area contributed by atoms with Crippen molar-refractivity contribution < 1.29 is 4.79 Å². The second kappa shape index (κ2) is 6.46. The zero-order valence-corrected chi connectivity index (χ0v) is 15.0. The molecule has 28 heavy (non-hydrogen) atoms. The van der Waals surface area contributed by atoms with Crippen LogP contribution in [0.3, 0.4) is 0 Å². The fourth-order valence-electron chi connectivity index (χ4n) is 3.97. The molecule has 4 aromatic rings. The Morgan fingerprint density at radius 3 is 2.89 bits per heavy atom. The first-order chi connectivity index (χ1) is 13.7. The minimum absolute atomic E-state index is 0.0871. The molecule has 0 aliphatic heterocycles. The van der Waals surface area contributed by atoms with Gasteiger partial charge in [-0.2, -0.15) is 5.26 Å². The lowest BCUT2D eigenvalue weighted by atomic mass is 10.1. The molecule has 1 aliphatic rings. The molecule has 1 aliphatic carbocycles. The lowest BCUT2D eigenvalue weighted by molar-refractivity contribution is 0.0937. The van der Waals surface area contributed by atoms with Crippen LogP contribution in [0.5, 0.6) is 0 Å². The van der Waals surface area contributed by atoms with Crippen LogP contribution in [0.4, 0.5) is 0 Å². The van der Waals surface area contributed by atoms with Gasteiger partial charge >= 0.3 is 0 Å². The second-order valence-corrected chi connectivity index (χ2v) is 7.09. The van der Waals surface area contributed by atoms with Crippen molar-refractivity contribution in [2.75, 3.05) is 0 Å². The fourth-order valence-corrected chi connectivity index (χ4v) is 3.97. The molecule has 8 nitrogen and oxygen atoms in total. The number of rotatable bonds is 3. The van der Waals surface area contributed by atoms with E-state index in [1.807, 2.05) is 16.7 Å². The number of carbonyl (C=O) groups is 1. The van der Waals surface area contributed by atoms with Crippen molar-refractivity contribution in [1.82, 2.24) is 29.9 Å². The highest BCUT2D eigenvalue weighted by Gasteiger charge is 2.31. The summed E-state index contributed by atoms with van der Waals surface area (Å²) < 4.78 is 2.05. The van der Waals surface area contributed by atoms with Crippen LogP contribution in [-0.4, -0.2) is 36.5 Å². The molecule has 1 aromatic carbocycles. The number of amides is 1. The molecule has 1 fully saturated rings. The molecule has 3 aromatic heterocycles. The van der Waals surface area contributed by atoms with Gasteiger partial charge in [0.05, 0.1) is 23.3 Å². The van der Waals surface area contributed by atoms with Gasteiger partial charge in [0.1, 0.15) is 5.82 Å². The Labute approximate surface area is 160 Å². The predicted molar refractivity (Wildman–Crippen MR) is 102 cm³/mol. The third kappa shape index (κ3) is 2.68. The summed E-state index contributed by atoms with van der Waals surface area (Å²) in [5.41, 5.74) is 3.60. The van der Waals surface area contributed by atoms with Crippen molar-refractivity contribution in [1.29, 1.82) is 5.26 Å². The van der Waals surface area contributed by atoms with Gasteiger partial charge in [0.2, 0.25) is 0 Å². The van der Waals surface area contributed by atoms with Crippen molar-refractivity contribution in [3.05, 3.63) is 59.7 Å². The zero-order valence-electron chi connectivity index (χ0n) is 15.0. The number of nitrogens with one attached hydrogen (secondary N) is 2. The van der Waals surface area contributed by atoms with Crippen molar-refractivity contribution in [3.63, 3.8) is 0 Å². The molecule has 8 heteroatoms. The van der Waals surface area contributed by atoms with Gasteiger partial charge in [-0.3, -0.25) is 9.20 Å². The van der Waals surface area contributed by atoms with Crippen LogP contribution >= 0.6 is 0 Å². The first-order valence-electron chi connectivity index (χ1n) is 9.21. The second-order valence-electron chi connectivity index (χ2n) is 7.09. The summed E-state index contributed by atoms with van der Waals surface area (Å²) in [4.78, 5) is 20.0. The lowest BCUT2D eigenvalue weighted by Crippen LogP contribution is -2.32. The van der Waals surface area contributed by atoms with Gasteiger partial charge in [-0.05, 0) is 49.6 Å². The smallest absolute Gasteiger partial charge is 0.251 e. The Bertz CT molecular complexity index is 1220. The first-order valence-corrected chi connectivity index (χ1v) is 9.21. The van der Waals surface area contributed by atoms with Crippen molar-refractivity contribution in [3.8, 4) is 6.07 Å². The minimum atomic E-state index is -0.113. The Balaban J connectivity index is 1.35. The summed E-state index contributed by atoms with van der Waals surface area (Å²) in [5.74, 6) is 1.03. The predicted octanol–water partition coefficient (Wildman–Crippen LogP) is 2.54. The van der Waals surface area contributed by atoms with Crippen LogP contribution in [0.1, 0.15) is 46.9 Å². The van der Waals surface area contributed by atoms with E-state index in [4.69, 9.17) is 5.26 Å². The van der Waals surface area contributed by atoms with E-state index in [2.05, 4.69) is 31.6 Å². The number of nitrogens with zero attached hydrogens (tertiary/aromatic N) is 5. The number of hydrogen-bond donors (Lipinski definition) is 2. The molecule has 1 amide bonds. The molecule has 0 unspecified atom stereocenters. The van der Waals surface area contributed by atoms with Gasteiger partial charge in [-0.25, -0.2) is 4.98 Å². The number of fused-ring (bicyclic) bond motifs is 3. The molecular formula is C20H17N7O. The average Bonchev–Trinajstić information content (AvgIpc) is 3.45. The standard InChI is InChI=1S/C20H17N7O/c21-10-12-1-3-13(4-2-12)20(28)24-15-6-5-14(9-15)19-26-25-17-11-23-18-16(27(17)19)7-8-22-18/h1-4,7-8,11,14-15,22H,5-6,9H2,(H,24,28)/t14-,15+/m1/s1. The van der Waals surface area contributed by atoms with Crippen molar-refractivity contribution in [2.45, 2.75) is 31.2 Å². The largest absolute Gasteiger partial charge is 0.349 e. The van der Waals surface area contributed by atoms with Gasteiger partial charge in [-0.1, -0.05) is 0 Å². The fraction of sp³-hybridized carbons (Fsp3) is 0.250. The monoisotopic (exact) mass is 371 g/mol. The van der Waals surface area contributed by atoms with Crippen LogP contribution < -0.4 is 5.32 Å². The Morgan fingerprint density at radius 1 is 1.21 bits per heavy atom. The topological polar surface area (TPSA) is 112 Å². The van der Waals surface area contributed by atoms with Crippen LogP contribution in [-0.2, 0) is 0 Å². The molecule has 0 radical (unpaired) electrons. The third-order valence-electron chi connectivity index (χ3n) is 5.38. The first kappa shape index (κ1) is 16.4.